The van der Waals surface area contributed by atoms with E-state index in [1.54, 1.807) is 4.90 Å². The van der Waals surface area contributed by atoms with Crippen molar-refractivity contribution in [3.05, 3.63) is 23.6 Å². The number of amides is 1. The summed E-state index contributed by atoms with van der Waals surface area (Å²) in [6.07, 6.45) is 3.05. The molecule has 1 heterocycles. The summed E-state index contributed by atoms with van der Waals surface area (Å²) in [5, 5.41) is 0. The maximum atomic E-state index is 13.2. The van der Waals surface area contributed by atoms with Gasteiger partial charge in [0.05, 0.1) is 11.8 Å². The molecule has 1 aliphatic carbocycles. The van der Waals surface area contributed by atoms with E-state index in [1.807, 2.05) is 0 Å². The van der Waals surface area contributed by atoms with Gasteiger partial charge in [-0.15, -0.1) is 0 Å². The Morgan fingerprint density at radius 3 is 2.83 bits per heavy atom. The van der Waals surface area contributed by atoms with Gasteiger partial charge >= 0.3 is 0 Å². The highest BCUT2D eigenvalue weighted by atomic mass is 19.1. The lowest BCUT2D eigenvalue weighted by Crippen LogP contribution is -2.36. The second-order valence-electron chi connectivity index (χ2n) is 5.17. The normalized spacial score (nSPS) is 14.9. The number of carbonyl (C=O) groups excluding carboxylic acids is 1. The van der Waals surface area contributed by atoms with Gasteiger partial charge in [-0.3, -0.25) is 4.79 Å². The fourth-order valence-corrected chi connectivity index (χ4v) is 1.95. The number of nitrogens with zero attached hydrogens (tertiary/aromatic N) is 2. The number of carbonyl (C=O) groups is 1. The Labute approximate surface area is 106 Å². The molecule has 4 nitrogen and oxygen atoms in total. The molecule has 1 aliphatic rings. The van der Waals surface area contributed by atoms with Crippen LogP contribution < -0.4 is 5.73 Å². The molecule has 0 atom stereocenters. The third kappa shape index (κ3) is 2.78. The molecule has 0 saturated heterocycles. The number of aromatic nitrogens is 1. The van der Waals surface area contributed by atoms with Crippen LogP contribution >= 0.6 is 0 Å². The van der Waals surface area contributed by atoms with Gasteiger partial charge in [-0.2, -0.15) is 0 Å². The minimum atomic E-state index is -0.534. The molecule has 0 radical (unpaired) electrons. The zero-order valence-electron chi connectivity index (χ0n) is 10.7. The first-order valence-corrected chi connectivity index (χ1v) is 6.21. The summed E-state index contributed by atoms with van der Waals surface area (Å²) >= 11 is 0. The van der Waals surface area contributed by atoms with Crippen molar-refractivity contribution in [3.63, 3.8) is 0 Å². The van der Waals surface area contributed by atoms with E-state index in [1.165, 1.54) is 6.07 Å². The lowest BCUT2D eigenvalue weighted by molar-refractivity contribution is 0.0722. The van der Waals surface area contributed by atoms with Crippen LogP contribution in [0.4, 0.5) is 10.2 Å². The lowest BCUT2D eigenvalue weighted by atomic mass is 10.1. The molecule has 2 rings (SSSR count). The minimum Gasteiger partial charge on any atom is -0.383 e. The van der Waals surface area contributed by atoms with E-state index in [9.17, 15) is 9.18 Å². The Hall–Kier alpha value is -1.65. The van der Waals surface area contributed by atoms with Gasteiger partial charge < -0.3 is 10.6 Å². The maximum Gasteiger partial charge on any atom is 0.257 e. The fourth-order valence-electron chi connectivity index (χ4n) is 1.95. The Morgan fingerprint density at radius 2 is 2.28 bits per heavy atom. The number of anilines is 1. The van der Waals surface area contributed by atoms with E-state index in [0.29, 0.717) is 12.5 Å². The van der Waals surface area contributed by atoms with Crippen molar-refractivity contribution in [2.75, 3.05) is 12.3 Å². The summed E-state index contributed by atoms with van der Waals surface area (Å²) in [6.45, 7) is 4.77. The third-order valence-electron chi connectivity index (χ3n) is 2.93. The van der Waals surface area contributed by atoms with Gasteiger partial charge in [0, 0.05) is 12.6 Å². The molecule has 0 spiro atoms. The van der Waals surface area contributed by atoms with Gasteiger partial charge in [-0.25, -0.2) is 9.37 Å². The summed E-state index contributed by atoms with van der Waals surface area (Å²) in [5.41, 5.74) is 5.82. The topological polar surface area (TPSA) is 59.2 Å². The van der Waals surface area contributed by atoms with E-state index < -0.39 is 5.82 Å². The van der Waals surface area contributed by atoms with Gasteiger partial charge in [0.2, 0.25) is 0 Å². The Balaban J connectivity index is 2.24. The molecule has 1 amide bonds. The van der Waals surface area contributed by atoms with Gasteiger partial charge in [0.1, 0.15) is 11.6 Å². The number of hydrogen-bond acceptors (Lipinski definition) is 3. The van der Waals surface area contributed by atoms with Crippen LogP contribution in [0.5, 0.6) is 0 Å². The Kier molecular flexibility index (Phi) is 3.50. The highest BCUT2D eigenvalue weighted by Gasteiger charge is 2.34. The van der Waals surface area contributed by atoms with Gasteiger partial charge in [-0.05, 0) is 24.8 Å². The van der Waals surface area contributed by atoms with Crippen LogP contribution in [0.25, 0.3) is 0 Å². The SMILES string of the molecule is CC(C)CN(C(=O)c1cc(F)cnc1N)C1CC1. The average molecular weight is 251 g/mol. The molecule has 5 heteroatoms. The van der Waals surface area contributed by atoms with Crippen molar-refractivity contribution in [2.24, 2.45) is 5.92 Å². The smallest absolute Gasteiger partial charge is 0.257 e. The van der Waals surface area contributed by atoms with Crippen molar-refractivity contribution in [1.82, 2.24) is 9.88 Å². The lowest BCUT2D eigenvalue weighted by Gasteiger charge is -2.24. The summed E-state index contributed by atoms with van der Waals surface area (Å²) < 4.78 is 13.2. The van der Waals surface area contributed by atoms with Crippen molar-refractivity contribution in [2.45, 2.75) is 32.7 Å². The van der Waals surface area contributed by atoms with E-state index in [4.69, 9.17) is 5.73 Å². The van der Waals surface area contributed by atoms with Crippen LogP contribution in [0.2, 0.25) is 0 Å². The quantitative estimate of drug-likeness (QED) is 0.891. The number of pyridine rings is 1. The second kappa shape index (κ2) is 4.92. The van der Waals surface area contributed by atoms with Gasteiger partial charge in [0.25, 0.3) is 5.91 Å². The van der Waals surface area contributed by atoms with Crippen LogP contribution in [-0.4, -0.2) is 28.4 Å². The second-order valence-corrected chi connectivity index (χ2v) is 5.17. The van der Waals surface area contributed by atoms with E-state index in [2.05, 4.69) is 18.8 Å². The predicted molar refractivity (Wildman–Crippen MR) is 67.5 cm³/mol. The molecule has 0 unspecified atom stereocenters. The molecule has 1 saturated carbocycles. The third-order valence-corrected chi connectivity index (χ3v) is 2.93. The molecular formula is C13H18FN3O. The first-order valence-electron chi connectivity index (χ1n) is 6.21. The highest BCUT2D eigenvalue weighted by Crippen LogP contribution is 2.29. The Morgan fingerprint density at radius 1 is 1.61 bits per heavy atom. The molecule has 1 aromatic heterocycles. The van der Waals surface area contributed by atoms with E-state index >= 15 is 0 Å². The zero-order chi connectivity index (χ0) is 13.3. The van der Waals surface area contributed by atoms with Crippen molar-refractivity contribution >= 4 is 11.7 Å². The summed E-state index contributed by atoms with van der Waals surface area (Å²) in [7, 11) is 0. The molecule has 98 valence electrons. The minimum absolute atomic E-state index is 0.0933. The molecule has 2 N–H and O–H groups in total. The van der Waals surface area contributed by atoms with Gasteiger partial charge in [-0.1, -0.05) is 13.8 Å². The largest absolute Gasteiger partial charge is 0.383 e. The van der Waals surface area contributed by atoms with Crippen molar-refractivity contribution in [3.8, 4) is 0 Å². The number of nitrogen functional groups attached to an aromatic ring is 1. The van der Waals surface area contributed by atoms with Crippen molar-refractivity contribution in [1.29, 1.82) is 0 Å². The fraction of sp³-hybridized carbons (Fsp3) is 0.538. The first-order chi connectivity index (χ1) is 8.49. The standard InChI is InChI=1S/C13H18FN3O/c1-8(2)7-17(10-3-4-10)13(18)11-5-9(14)6-16-12(11)15/h5-6,8,10H,3-4,7H2,1-2H3,(H2,15,16). The van der Waals surface area contributed by atoms with Gasteiger partial charge in [0.15, 0.2) is 0 Å². The van der Waals surface area contributed by atoms with Crippen LogP contribution in [0.1, 0.15) is 37.0 Å². The molecular weight excluding hydrogens is 233 g/mol. The molecule has 1 fully saturated rings. The average Bonchev–Trinajstić information content (AvgIpc) is 3.12. The number of hydrogen-bond donors (Lipinski definition) is 1. The van der Waals surface area contributed by atoms with E-state index in [-0.39, 0.29) is 23.3 Å². The van der Waals surface area contributed by atoms with Crippen LogP contribution in [0, 0.1) is 11.7 Å². The monoisotopic (exact) mass is 251 g/mol. The highest BCUT2D eigenvalue weighted by molar-refractivity contribution is 5.98. The summed E-state index contributed by atoms with van der Waals surface area (Å²) in [4.78, 5) is 17.9. The number of rotatable bonds is 4. The van der Waals surface area contributed by atoms with Crippen LogP contribution in [-0.2, 0) is 0 Å². The molecule has 0 bridgehead atoms. The molecule has 1 aromatic rings. The zero-order valence-corrected chi connectivity index (χ0v) is 10.7. The molecule has 0 aromatic carbocycles. The van der Waals surface area contributed by atoms with Crippen LogP contribution in [0.3, 0.4) is 0 Å². The van der Waals surface area contributed by atoms with Crippen LogP contribution in [0.15, 0.2) is 12.3 Å². The van der Waals surface area contributed by atoms with E-state index in [0.717, 1.165) is 19.0 Å². The summed E-state index contributed by atoms with van der Waals surface area (Å²) in [5.74, 6) is -0.281. The molecule has 0 aliphatic heterocycles. The maximum absolute atomic E-state index is 13.2. The number of halogens is 1. The number of nitrogens with two attached hydrogens (primary N) is 1. The first kappa shape index (κ1) is 12.8. The predicted octanol–water partition coefficient (Wildman–Crippen LogP) is 2.06. The van der Waals surface area contributed by atoms with Crippen molar-refractivity contribution < 1.29 is 9.18 Å². The Bertz CT molecular complexity index is 458. The summed E-state index contributed by atoms with van der Waals surface area (Å²) in [6, 6.07) is 1.45. The molecule has 18 heavy (non-hydrogen) atoms.